The molecule has 0 aliphatic heterocycles. The number of hydrogen-bond donors (Lipinski definition) is 2. The maximum absolute atomic E-state index is 11.7. The minimum Gasteiger partial charge on any atom is -0.393 e. The largest absolute Gasteiger partial charge is 0.393 e. The van der Waals surface area contributed by atoms with Crippen LogP contribution in [0.4, 0.5) is 0 Å². The van der Waals surface area contributed by atoms with Crippen molar-refractivity contribution in [3.05, 3.63) is 60.2 Å². The second kappa shape index (κ2) is 14.4. The van der Waals surface area contributed by atoms with Crippen molar-refractivity contribution >= 4 is 32.3 Å². The highest BCUT2D eigenvalue weighted by atomic mass is 16.3. The van der Waals surface area contributed by atoms with Crippen molar-refractivity contribution in [3.63, 3.8) is 0 Å². The smallest absolute Gasteiger partial charge is 0.0602 e. The molecule has 4 saturated carbocycles. The molecule has 4 fully saturated rings. The van der Waals surface area contributed by atoms with Crippen LogP contribution < -0.4 is 0 Å². The van der Waals surface area contributed by atoms with E-state index in [0.717, 1.165) is 18.8 Å². The van der Waals surface area contributed by atoms with Crippen molar-refractivity contribution in [3.8, 4) is 0 Å². The molecule has 0 amide bonds. The van der Waals surface area contributed by atoms with Gasteiger partial charge in [0.15, 0.2) is 0 Å². The van der Waals surface area contributed by atoms with E-state index in [2.05, 4.69) is 124 Å². The minimum absolute atomic E-state index is 0.00932. The Hall–Kier alpha value is -2.16. The van der Waals surface area contributed by atoms with Crippen LogP contribution in [0.3, 0.4) is 0 Å². The average Bonchev–Trinajstić information content (AvgIpc) is 3.45. The van der Waals surface area contributed by atoms with Gasteiger partial charge in [-0.2, -0.15) is 0 Å². The molecule has 0 bridgehead atoms. The molecule has 0 saturated heterocycles. The standard InChI is InChI=1S/C28H50O2.C23H24/c1-17-10-13-27(6)19(14-17)15-23(29)25-21-9-8-20(18(2)11-12-26(3,4)5)28(21,7)24(30)16-22(25)27;1-23(2,3)15-5-8-16-9-10-19-12-11-17-6-4-7-18-13-14-20(16)22(19)21(17)18/h17-25,29-30H,8-16H2,1-7H3;4,6-7,9-14H,5,8,15H2,1-3H3/t17-,18-,19+,20-,21+,22+,23-,24+,25+,27+,28-;/m0./s1. The third kappa shape index (κ3) is 7.32. The quantitative estimate of drug-likeness (QED) is 0.195. The summed E-state index contributed by atoms with van der Waals surface area (Å²) in [7, 11) is 0. The zero-order valence-corrected chi connectivity index (χ0v) is 35.3. The lowest BCUT2D eigenvalue weighted by atomic mass is 9.42. The van der Waals surface area contributed by atoms with Crippen LogP contribution in [0.25, 0.3) is 32.3 Å². The summed E-state index contributed by atoms with van der Waals surface area (Å²) in [5.74, 6) is 4.13. The molecular weight excluding hydrogens is 645 g/mol. The monoisotopic (exact) mass is 719 g/mol. The predicted octanol–water partition coefficient (Wildman–Crippen LogP) is 13.6. The van der Waals surface area contributed by atoms with Gasteiger partial charge >= 0.3 is 0 Å². The van der Waals surface area contributed by atoms with Gasteiger partial charge in [-0.25, -0.2) is 0 Å². The Bertz CT molecular complexity index is 1840. The first-order valence-electron chi connectivity index (χ1n) is 21.9. The number of aliphatic hydroxyl groups excluding tert-OH is 2. The molecule has 2 heteroatoms. The van der Waals surface area contributed by atoms with Gasteiger partial charge in [0.2, 0.25) is 0 Å². The Kier molecular flexibility index (Phi) is 10.6. The molecule has 0 aromatic heterocycles. The summed E-state index contributed by atoms with van der Waals surface area (Å²) in [4.78, 5) is 0. The lowest BCUT2D eigenvalue weighted by molar-refractivity contribution is -0.203. The summed E-state index contributed by atoms with van der Waals surface area (Å²) in [5, 5.41) is 31.5. The predicted molar refractivity (Wildman–Crippen MR) is 228 cm³/mol. The lowest BCUT2D eigenvalue weighted by Gasteiger charge is -2.63. The fraction of sp³-hybridized carbons (Fsp3) is 0.686. The SMILES string of the molecule is CC(C)(C)CCCc1ccc2ccc3cccc4ccc1c2c34.C[C@H]1CC[C@]2(C)[C@H](C1)C[C@H](O)[C@H]1[C@H]2C[C@@H](O)[C@]2(C)[C@@H]1CC[C@H]2[C@@H](C)CCC(C)(C)C. The van der Waals surface area contributed by atoms with Gasteiger partial charge in [-0.05, 0) is 172 Å². The fourth-order valence-electron chi connectivity index (χ4n) is 13.1. The zero-order valence-electron chi connectivity index (χ0n) is 35.3. The maximum Gasteiger partial charge on any atom is 0.0602 e. The summed E-state index contributed by atoms with van der Waals surface area (Å²) in [6, 6.07) is 20.4. The van der Waals surface area contributed by atoms with Gasteiger partial charge in [0.1, 0.15) is 0 Å². The number of aliphatic hydroxyl groups is 2. The van der Waals surface area contributed by atoms with Crippen molar-refractivity contribution in [2.24, 2.45) is 63.1 Å². The molecule has 11 atom stereocenters. The summed E-state index contributed by atoms with van der Waals surface area (Å²) < 4.78 is 0. The normalized spacial score (nSPS) is 35.1. The van der Waals surface area contributed by atoms with Crippen molar-refractivity contribution < 1.29 is 10.2 Å². The van der Waals surface area contributed by atoms with Crippen molar-refractivity contribution in [1.82, 2.24) is 0 Å². The van der Waals surface area contributed by atoms with E-state index < -0.39 is 0 Å². The van der Waals surface area contributed by atoms with Gasteiger partial charge < -0.3 is 10.2 Å². The highest BCUT2D eigenvalue weighted by molar-refractivity contribution is 6.23. The Balaban J connectivity index is 0.000000170. The summed E-state index contributed by atoms with van der Waals surface area (Å²) in [6.45, 7) is 23.8. The van der Waals surface area contributed by atoms with E-state index in [9.17, 15) is 10.2 Å². The fourth-order valence-corrected chi connectivity index (χ4v) is 13.1. The van der Waals surface area contributed by atoms with E-state index in [1.165, 1.54) is 102 Å². The van der Waals surface area contributed by atoms with Crippen LogP contribution in [0.2, 0.25) is 0 Å². The van der Waals surface area contributed by atoms with Crippen LogP contribution in [0.5, 0.6) is 0 Å². The highest BCUT2D eigenvalue weighted by Gasteiger charge is 2.65. The van der Waals surface area contributed by atoms with Crippen LogP contribution >= 0.6 is 0 Å². The van der Waals surface area contributed by atoms with Gasteiger partial charge in [-0.15, -0.1) is 0 Å². The average molecular weight is 719 g/mol. The second-order valence-electron chi connectivity index (χ2n) is 22.0. The molecule has 0 spiro atoms. The van der Waals surface area contributed by atoms with Gasteiger partial charge in [0.25, 0.3) is 0 Å². The number of benzene rings is 4. The first-order chi connectivity index (χ1) is 24.9. The maximum atomic E-state index is 11.7. The summed E-state index contributed by atoms with van der Waals surface area (Å²) in [5.41, 5.74) is 2.62. The first-order valence-corrected chi connectivity index (χ1v) is 21.9. The molecule has 2 nitrogen and oxygen atoms in total. The number of hydrogen-bond acceptors (Lipinski definition) is 2. The molecular formula is C51H74O2. The van der Waals surface area contributed by atoms with Gasteiger partial charge in [0.05, 0.1) is 12.2 Å². The molecule has 290 valence electrons. The van der Waals surface area contributed by atoms with E-state index in [4.69, 9.17) is 0 Å². The zero-order chi connectivity index (χ0) is 38.1. The second-order valence-corrected chi connectivity index (χ2v) is 22.0. The van der Waals surface area contributed by atoms with E-state index >= 15 is 0 Å². The van der Waals surface area contributed by atoms with Crippen molar-refractivity contribution in [2.45, 2.75) is 158 Å². The first kappa shape index (κ1) is 39.1. The molecule has 2 N–H and O–H groups in total. The lowest BCUT2D eigenvalue weighted by Crippen LogP contribution is -2.62. The molecule has 4 aliphatic rings. The van der Waals surface area contributed by atoms with Crippen LogP contribution in [-0.4, -0.2) is 22.4 Å². The minimum atomic E-state index is -0.199. The van der Waals surface area contributed by atoms with Gasteiger partial charge in [0, 0.05) is 0 Å². The van der Waals surface area contributed by atoms with E-state index in [0.29, 0.717) is 51.8 Å². The van der Waals surface area contributed by atoms with Crippen LogP contribution in [0.1, 0.15) is 145 Å². The Morgan fingerprint density at radius 2 is 1.38 bits per heavy atom. The van der Waals surface area contributed by atoms with Crippen LogP contribution in [0.15, 0.2) is 54.6 Å². The van der Waals surface area contributed by atoms with Crippen molar-refractivity contribution in [1.29, 1.82) is 0 Å². The Morgan fingerprint density at radius 1 is 0.736 bits per heavy atom. The number of rotatable bonds is 6. The van der Waals surface area contributed by atoms with Gasteiger partial charge in [-0.3, -0.25) is 0 Å². The molecule has 0 unspecified atom stereocenters. The molecule has 8 rings (SSSR count). The molecule has 4 aromatic rings. The molecule has 0 radical (unpaired) electrons. The van der Waals surface area contributed by atoms with E-state index in [-0.39, 0.29) is 17.6 Å². The Labute approximate surface area is 323 Å². The van der Waals surface area contributed by atoms with Crippen LogP contribution in [0, 0.1) is 63.1 Å². The molecule has 53 heavy (non-hydrogen) atoms. The molecule has 4 aliphatic carbocycles. The summed E-state index contributed by atoms with van der Waals surface area (Å²) >= 11 is 0. The number of aryl methyl sites for hydroxylation is 1. The summed E-state index contributed by atoms with van der Waals surface area (Å²) in [6.07, 6.45) is 14.2. The molecule has 0 heterocycles. The highest BCUT2D eigenvalue weighted by Crippen LogP contribution is 2.68. The van der Waals surface area contributed by atoms with Gasteiger partial charge in [-0.1, -0.05) is 130 Å². The van der Waals surface area contributed by atoms with E-state index in [1.807, 2.05) is 0 Å². The third-order valence-electron chi connectivity index (χ3n) is 16.2. The third-order valence-corrected chi connectivity index (χ3v) is 16.2. The molecule has 4 aromatic carbocycles. The Morgan fingerprint density at radius 3 is 2.06 bits per heavy atom. The van der Waals surface area contributed by atoms with Crippen molar-refractivity contribution in [2.75, 3.05) is 0 Å². The number of fused-ring (bicyclic) bond motifs is 5. The van der Waals surface area contributed by atoms with Crippen LogP contribution in [-0.2, 0) is 6.42 Å². The van der Waals surface area contributed by atoms with E-state index in [1.54, 1.807) is 0 Å². The topological polar surface area (TPSA) is 40.5 Å².